The molecule has 1 atom stereocenters. The van der Waals surface area contributed by atoms with E-state index in [9.17, 15) is 0 Å². The van der Waals surface area contributed by atoms with E-state index in [4.69, 9.17) is 4.74 Å². The minimum Gasteiger partial charge on any atom is -0.379 e. The van der Waals surface area contributed by atoms with Crippen LogP contribution in [0.4, 0.5) is 0 Å². The van der Waals surface area contributed by atoms with Crippen LogP contribution in [0.5, 0.6) is 0 Å². The summed E-state index contributed by atoms with van der Waals surface area (Å²) in [6.45, 7) is 7.90. The van der Waals surface area contributed by atoms with Crippen LogP contribution in [0.3, 0.4) is 0 Å². The molecular formula is C10H20NOP. The molecule has 2 fully saturated rings. The molecule has 1 heterocycles. The van der Waals surface area contributed by atoms with Crippen LogP contribution in [-0.2, 0) is 4.74 Å². The Bertz CT molecular complexity index is 164. The number of nitrogens with zero attached hydrogens (tertiary/aromatic N) is 1. The molecule has 0 bridgehead atoms. The van der Waals surface area contributed by atoms with E-state index >= 15 is 0 Å². The summed E-state index contributed by atoms with van der Waals surface area (Å²) in [6, 6.07) is 0. The maximum Gasteiger partial charge on any atom is 0.0594 e. The van der Waals surface area contributed by atoms with E-state index in [0.29, 0.717) is 0 Å². The first-order chi connectivity index (χ1) is 6.35. The van der Waals surface area contributed by atoms with Gasteiger partial charge in [0, 0.05) is 19.6 Å². The average molecular weight is 201 g/mol. The van der Waals surface area contributed by atoms with Crippen LogP contribution in [-0.4, -0.2) is 50.6 Å². The topological polar surface area (TPSA) is 12.5 Å². The van der Waals surface area contributed by atoms with Crippen LogP contribution >= 0.6 is 8.58 Å². The molecule has 1 saturated heterocycles. The molecule has 0 spiro atoms. The Kier molecular flexibility index (Phi) is 3.23. The van der Waals surface area contributed by atoms with Crippen LogP contribution in [0.15, 0.2) is 0 Å². The monoisotopic (exact) mass is 201 g/mol. The van der Waals surface area contributed by atoms with E-state index in [-0.39, 0.29) is 0 Å². The molecule has 3 heteroatoms. The minimum atomic E-state index is 0.741. The van der Waals surface area contributed by atoms with Crippen molar-refractivity contribution in [2.45, 2.75) is 12.8 Å². The molecule has 2 aliphatic rings. The summed E-state index contributed by atoms with van der Waals surface area (Å²) >= 11 is 0. The lowest BCUT2D eigenvalue weighted by Gasteiger charge is -2.30. The van der Waals surface area contributed by atoms with Gasteiger partial charge in [0.25, 0.3) is 0 Å². The lowest BCUT2D eigenvalue weighted by molar-refractivity contribution is 0.0301. The van der Waals surface area contributed by atoms with Crippen molar-refractivity contribution in [1.29, 1.82) is 0 Å². The molecule has 0 aromatic rings. The Morgan fingerprint density at radius 1 is 1.31 bits per heavy atom. The number of morpholine rings is 1. The highest BCUT2D eigenvalue weighted by atomic mass is 31.1. The molecule has 13 heavy (non-hydrogen) atoms. The third-order valence-corrected chi connectivity index (χ3v) is 4.28. The van der Waals surface area contributed by atoms with Gasteiger partial charge in [0.1, 0.15) is 0 Å². The van der Waals surface area contributed by atoms with Gasteiger partial charge in [-0.3, -0.25) is 4.90 Å². The van der Waals surface area contributed by atoms with Gasteiger partial charge in [-0.05, 0) is 31.1 Å². The van der Waals surface area contributed by atoms with Gasteiger partial charge >= 0.3 is 0 Å². The fourth-order valence-electron chi connectivity index (χ4n) is 2.18. The number of ether oxygens (including phenoxy) is 1. The predicted molar refractivity (Wildman–Crippen MR) is 58.0 cm³/mol. The van der Waals surface area contributed by atoms with Crippen LogP contribution in [0.25, 0.3) is 0 Å². The van der Waals surface area contributed by atoms with Gasteiger partial charge in [-0.1, -0.05) is 0 Å². The molecule has 0 aromatic heterocycles. The summed E-state index contributed by atoms with van der Waals surface area (Å²) in [5.41, 5.74) is 0.741. The highest BCUT2D eigenvalue weighted by Crippen LogP contribution is 2.49. The third kappa shape index (κ3) is 2.65. The van der Waals surface area contributed by atoms with Crippen LogP contribution in [0.1, 0.15) is 12.8 Å². The summed E-state index contributed by atoms with van der Waals surface area (Å²) < 4.78 is 5.35. The first kappa shape index (κ1) is 9.89. The molecule has 0 N–H and O–H groups in total. The van der Waals surface area contributed by atoms with Crippen LogP contribution in [0.2, 0.25) is 0 Å². The summed E-state index contributed by atoms with van der Waals surface area (Å²) in [6.07, 6.45) is 4.42. The molecule has 1 unspecified atom stereocenters. The molecular weight excluding hydrogens is 181 g/mol. The molecule has 0 aromatic carbocycles. The Morgan fingerprint density at radius 3 is 2.54 bits per heavy atom. The second-order valence-electron chi connectivity index (χ2n) is 4.42. The number of hydrogen-bond donors (Lipinski definition) is 0. The normalized spacial score (nSPS) is 28.4. The quantitative estimate of drug-likeness (QED) is 0.638. The Balaban J connectivity index is 1.76. The standard InChI is InChI=1S/C10H20NOP/c1-13-9-10(2-3-10)8-11-4-6-12-7-5-11/h13H,2-9H2,1H3. The average Bonchev–Trinajstić information content (AvgIpc) is 2.87. The lowest BCUT2D eigenvalue weighted by atomic mass is 10.1. The van der Waals surface area contributed by atoms with Crippen molar-refractivity contribution in [1.82, 2.24) is 4.90 Å². The first-order valence-corrected chi connectivity index (χ1v) is 7.00. The smallest absolute Gasteiger partial charge is 0.0594 e. The van der Waals surface area contributed by atoms with E-state index in [1.54, 1.807) is 0 Å². The van der Waals surface area contributed by atoms with Crippen LogP contribution in [0, 0.1) is 5.41 Å². The third-order valence-electron chi connectivity index (χ3n) is 3.17. The van der Waals surface area contributed by atoms with E-state index in [0.717, 1.165) is 40.3 Å². The molecule has 1 saturated carbocycles. The Labute approximate surface area is 82.8 Å². The fourth-order valence-corrected chi connectivity index (χ4v) is 3.39. The second-order valence-corrected chi connectivity index (χ2v) is 5.48. The van der Waals surface area contributed by atoms with Crippen molar-refractivity contribution in [3.8, 4) is 0 Å². The van der Waals surface area contributed by atoms with Gasteiger partial charge in [-0.25, -0.2) is 0 Å². The zero-order valence-electron chi connectivity index (χ0n) is 8.51. The maximum atomic E-state index is 5.35. The molecule has 2 nitrogen and oxygen atoms in total. The number of rotatable bonds is 4. The van der Waals surface area contributed by atoms with Gasteiger partial charge in [0.15, 0.2) is 0 Å². The molecule has 0 amide bonds. The Hall–Kier alpha value is 0.350. The zero-order chi connectivity index (χ0) is 9.15. The fraction of sp³-hybridized carbons (Fsp3) is 1.00. The largest absolute Gasteiger partial charge is 0.379 e. The molecule has 0 radical (unpaired) electrons. The van der Waals surface area contributed by atoms with Gasteiger partial charge in [0.05, 0.1) is 13.2 Å². The summed E-state index contributed by atoms with van der Waals surface area (Å²) in [4.78, 5) is 2.59. The van der Waals surface area contributed by atoms with Gasteiger partial charge in [-0.15, -0.1) is 8.58 Å². The van der Waals surface area contributed by atoms with E-state index in [2.05, 4.69) is 11.6 Å². The van der Waals surface area contributed by atoms with E-state index in [1.165, 1.54) is 25.5 Å². The lowest BCUT2D eigenvalue weighted by Crippen LogP contribution is -2.40. The first-order valence-electron chi connectivity index (χ1n) is 5.29. The Morgan fingerprint density at radius 2 is 2.00 bits per heavy atom. The number of hydrogen-bond acceptors (Lipinski definition) is 2. The van der Waals surface area contributed by atoms with Gasteiger partial charge in [0.2, 0.25) is 0 Å². The van der Waals surface area contributed by atoms with Crippen molar-refractivity contribution < 1.29 is 4.74 Å². The van der Waals surface area contributed by atoms with Crippen molar-refractivity contribution in [3.63, 3.8) is 0 Å². The van der Waals surface area contributed by atoms with Crippen molar-refractivity contribution >= 4 is 8.58 Å². The van der Waals surface area contributed by atoms with Gasteiger partial charge in [-0.2, -0.15) is 0 Å². The molecule has 1 aliphatic carbocycles. The van der Waals surface area contributed by atoms with Crippen molar-refractivity contribution in [2.75, 3.05) is 45.7 Å². The summed E-state index contributed by atoms with van der Waals surface area (Å²) in [5.74, 6) is 0. The van der Waals surface area contributed by atoms with Gasteiger partial charge < -0.3 is 4.74 Å². The van der Waals surface area contributed by atoms with E-state index < -0.39 is 0 Å². The summed E-state index contributed by atoms with van der Waals surface area (Å²) in [7, 11) is 1.13. The highest BCUT2D eigenvalue weighted by Gasteiger charge is 2.42. The van der Waals surface area contributed by atoms with E-state index in [1.807, 2.05) is 0 Å². The van der Waals surface area contributed by atoms with Crippen molar-refractivity contribution in [3.05, 3.63) is 0 Å². The molecule has 2 rings (SSSR count). The summed E-state index contributed by atoms with van der Waals surface area (Å²) in [5, 5.41) is 0. The molecule has 1 aliphatic heterocycles. The van der Waals surface area contributed by atoms with Crippen LogP contribution < -0.4 is 0 Å². The second kappa shape index (κ2) is 4.25. The zero-order valence-corrected chi connectivity index (χ0v) is 9.51. The predicted octanol–water partition coefficient (Wildman–Crippen LogP) is 1.41. The highest BCUT2D eigenvalue weighted by molar-refractivity contribution is 7.37. The SMILES string of the molecule is CPCC1(CN2CCOCC2)CC1. The molecule has 76 valence electrons. The maximum absolute atomic E-state index is 5.35. The van der Waals surface area contributed by atoms with Crippen molar-refractivity contribution in [2.24, 2.45) is 5.41 Å². The minimum absolute atomic E-state index is 0.741.